The van der Waals surface area contributed by atoms with Crippen molar-refractivity contribution in [3.63, 3.8) is 0 Å². The fraction of sp³-hybridized carbons (Fsp3) is 0.429. The lowest BCUT2D eigenvalue weighted by atomic mass is 9.79. The Labute approximate surface area is 155 Å². The SMILES string of the molecule is CCN1c2cc(C)c(/C=N/NC(=O)c3ccco3)cc2[C@H](C)CC1(C)C. The van der Waals surface area contributed by atoms with Gasteiger partial charge in [0.05, 0.1) is 12.5 Å². The molecule has 2 heterocycles. The summed E-state index contributed by atoms with van der Waals surface area (Å²) in [5.74, 6) is 0.376. The molecule has 3 rings (SSSR count). The van der Waals surface area contributed by atoms with Gasteiger partial charge in [-0.05, 0) is 81.0 Å². The van der Waals surface area contributed by atoms with Crippen LogP contribution in [0.25, 0.3) is 0 Å². The Hall–Kier alpha value is -2.56. The molecule has 0 saturated heterocycles. The summed E-state index contributed by atoms with van der Waals surface area (Å²) in [6.07, 6.45) is 4.29. The van der Waals surface area contributed by atoms with Gasteiger partial charge in [0.1, 0.15) is 0 Å². The summed E-state index contributed by atoms with van der Waals surface area (Å²) in [5, 5.41) is 4.10. The summed E-state index contributed by atoms with van der Waals surface area (Å²) in [4.78, 5) is 14.4. The quantitative estimate of drug-likeness (QED) is 0.652. The summed E-state index contributed by atoms with van der Waals surface area (Å²) < 4.78 is 5.06. The monoisotopic (exact) mass is 353 g/mol. The first-order valence-corrected chi connectivity index (χ1v) is 9.12. The van der Waals surface area contributed by atoms with Crippen LogP contribution in [0.1, 0.15) is 67.3 Å². The predicted octanol–water partition coefficient (Wildman–Crippen LogP) is 4.46. The van der Waals surface area contributed by atoms with Crippen molar-refractivity contribution in [3.05, 3.63) is 53.0 Å². The molecule has 1 N–H and O–H groups in total. The van der Waals surface area contributed by atoms with E-state index in [0.29, 0.717) is 5.92 Å². The van der Waals surface area contributed by atoms with Crippen molar-refractivity contribution in [2.75, 3.05) is 11.4 Å². The second-order valence-corrected chi connectivity index (χ2v) is 7.61. The Balaban J connectivity index is 1.85. The highest BCUT2D eigenvalue weighted by Crippen LogP contribution is 2.43. The van der Waals surface area contributed by atoms with Gasteiger partial charge in [0.15, 0.2) is 5.76 Å². The molecule has 138 valence electrons. The molecule has 0 spiro atoms. The standard InChI is InChI=1S/C21H27N3O2/c1-6-24-18-10-14(2)16(11-17(18)15(3)12-21(24,4)5)13-22-23-20(25)19-8-7-9-26-19/h7-11,13,15H,6,12H2,1-5H3,(H,23,25)/b22-13+/t15-/m1/s1. The fourth-order valence-electron chi connectivity index (χ4n) is 4.01. The number of carbonyl (C=O) groups excluding carboxylic acids is 1. The average Bonchev–Trinajstić information content (AvgIpc) is 3.10. The summed E-state index contributed by atoms with van der Waals surface area (Å²) >= 11 is 0. The molecule has 5 nitrogen and oxygen atoms in total. The molecule has 1 aromatic heterocycles. The number of rotatable bonds is 4. The number of nitrogens with one attached hydrogen (secondary N) is 1. The van der Waals surface area contributed by atoms with Crippen LogP contribution >= 0.6 is 0 Å². The van der Waals surface area contributed by atoms with Gasteiger partial charge in [-0.1, -0.05) is 6.92 Å². The van der Waals surface area contributed by atoms with Crippen LogP contribution in [0.3, 0.4) is 0 Å². The van der Waals surface area contributed by atoms with Crippen LogP contribution in [0, 0.1) is 6.92 Å². The van der Waals surface area contributed by atoms with E-state index in [4.69, 9.17) is 4.42 Å². The van der Waals surface area contributed by atoms with Crippen molar-refractivity contribution in [3.8, 4) is 0 Å². The minimum Gasteiger partial charge on any atom is -0.459 e. The van der Waals surface area contributed by atoms with Gasteiger partial charge in [-0.25, -0.2) is 5.43 Å². The second-order valence-electron chi connectivity index (χ2n) is 7.61. The van der Waals surface area contributed by atoms with Gasteiger partial charge in [0.25, 0.3) is 0 Å². The molecule has 2 aromatic rings. The van der Waals surface area contributed by atoms with E-state index in [1.165, 1.54) is 17.5 Å². The maximum Gasteiger partial charge on any atom is 0.307 e. The number of hydrogen-bond donors (Lipinski definition) is 1. The van der Waals surface area contributed by atoms with Gasteiger partial charge in [0, 0.05) is 17.8 Å². The summed E-state index contributed by atoms with van der Waals surface area (Å²) in [6, 6.07) is 7.73. The molecule has 1 amide bonds. The van der Waals surface area contributed by atoms with E-state index >= 15 is 0 Å². The number of anilines is 1. The Bertz CT molecular complexity index is 822. The third kappa shape index (κ3) is 3.39. The van der Waals surface area contributed by atoms with E-state index in [2.05, 4.69) is 62.2 Å². The summed E-state index contributed by atoms with van der Waals surface area (Å²) in [7, 11) is 0. The highest BCUT2D eigenvalue weighted by molar-refractivity contribution is 5.92. The van der Waals surface area contributed by atoms with Gasteiger partial charge < -0.3 is 9.32 Å². The number of nitrogens with zero attached hydrogens (tertiary/aromatic N) is 2. The average molecular weight is 353 g/mol. The summed E-state index contributed by atoms with van der Waals surface area (Å²) in [5.41, 5.74) is 7.48. The molecule has 26 heavy (non-hydrogen) atoms. The lowest BCUT2D eigenvalue weighted by Gasteiger charge is -2.47. The number of hydrogen-bond acceptors (Lipinski definition) is 4. The van der Waals surface area contributed by atoms with Gasteiger partial charge >= 0.3 is 5.91 Å². The molecule has 0 unspecified atom stereocenters. The molecule has 1 aromatic carbocycles. The van der Waals surface area contributed by atoms with Crippen LogP contribution in [0.5, 0.6) is 0 Å². The third-order valence-electron chi connectivity index (χ3n) is 5.20. The lowest BCUT2D eigenvalue weighted by molar-refractivity contribution is 0.0927. The highest BCUT2D eigenvalue weighted by atomic mass is 16.3. The van der Waals surface area contributed by atoms with E-state index < -0.39 is 0 Å². The predicted molar refractivity (Wildman–Crippen MR) is 105 cm³/mol. The molecular formula is C21H27N3O2. The second kappa shape index (κ2) is 6.98. The molecule has 0 fully saturated rings. The number of fused-ring (bicyclic) bond motifs is 1. The van der Waals surface area contributed by atoms with Gasteiger partial charge in [-0.3, -0.25) is 4.79 Å². The molecule has 0 saturated carbocycles. The number of furan rings is 1. The van der Waals surface area contributed by atoms with Gasteiger partial charge in [0.2, 0.25) is 0 Å². The first-order valence-electron chi connectivity index (χ1n) is 9.12. The number of aryl methyl sites for hydroxylation is 1. The first kappa shape index (κ1) is 18.2. The molecule has 0 radical (unpaired) electrons. The minimum absolute atomic E-state index is 0.153. The maximum absolute atomic E-state index is 11.9. The third-order valence-corrected chi connectivity index (χ3v) is 5.20. The topological polar surface area (TPSA) is 57.8 Å². The van der Waals surface area contributed by atoms with Crippen molar-refractivity contribution in [2.45, 2.75) is 52.5 Å². The van der Waals surface area contributed by atoms with Crippen LogP contribution in [0.2, 0.25) is 0 Å². The van der Waals surface area contributed by atoms with Crippen LogP contribution in [0.15, 0.2) is 40.0 Å². The Morgan fingerprint density at radius 3 is 2.88 bits per heavy atom. The van der Waals surface area contributed by atoms with E-state index in [0.717, 1.165) is 24.1 Å². The van der Waals surface area contributed by atoms with E-state index in [9.17, 15) is 4.79 Å². The van der Waals surface area contributed by atoms with E-state index in [-0.39, 0.29) is 17.2 Å². The van der Waals surface area contributed by atoms with Crippen molar-refractivity contribution >= 4 is 17.8 Å². The highest BCUT2D eigenvalue weighted by Gasteiger charge is 2.35. The van der Waals surface area contributed by atoms with Crippen LogP contribution < -0.4 is 10.3 Å². The lowest BCUT2D eigenvalue weighted by Crippen LogP contribution is -2.48. The Morgan fingerprint density at radius 1 is 1.46 bits per heavy atom. The molecule has 0 bridgehead atoms. The van der Waals surface area contributed by atoms with E-state index in [1.807, 2.05) is 0 Å². The largest absolute Gasteiger partial charge is 0.459 e. The smallest absolute Gasteiger partial charge is 0.307 e. The van der Waals surface area contributed by atoms with E-state index in [1.54, 1.807) is 18.3 Å². The van der Waals surface area contributed by atoms with Crippen molar-refractivity contribution in [2.24, 2.45) is 5.10 Å². The molecule has 1 aliphatic heterocycles. The molecule has 1 atom stereocenters. The van der Waals surface area contributed by atoms with Crippen molar-refractivity contribution < 1.29 is 9.21 Å². The number of amides is 1. The number of carbonyl (C=O) groups is 1. The minimum atomic E-state index is -0.353. The zero-order chi connectivity index (χ0) is 18.9. The van der Waals surface area contributed by atoms with Crippen LogP contribution in [-0.2, 0) is 0 Å². The number of benzene rings is 1. The molecular weight excluding hydrogens is 326 g/mol. The fourth-order valence-corrected chi connectivity index (χ4v) is 4.01. The number of hydrazone groups is 1. The van der Waals surface area contributed by atoms with Crippen LogP contribution in [0.4, 0.5) is 5.69 Å². The zero-order valence-electron chi connectivity index (χ0n) is 16.2. The van der Waals surface area contributed by atoms with Crippen LogP contribution in [-0.4, -0.2) is 24.2 Å². The zero-order valence-corrected chi connectivity index (χ0v) is 16.2. The van der Waals surface area contributed by atoms with Crippen molar-refractivity contribution in [1.29, 1.82) is 0 Å². The molecule has 0 aliphatic carbocycles. The maximum atomic E-state index is 11.9. The first-order chi connectivity index (χ1) is 12.3. The van der Waals surface area contributed by atoms with Gasteiger partial charge in [-0.15, -0.1) is 0 Å². The Kier molecular flexibility index (Phi) is 4.90. The van der Waals surface area contributed by atoms with Gasteiger partial charge in [-0.2, -0.15) is 5.10 Å². The molecule has 1 aliphatic rings. The van der Waals surface area contributed by atoms with Crippen molar-refractivity contribution in [1.82, 2.24) is 5.43 Å². The normalized spacial score (nSPS) is 18.8. The Morgan fingerprint density at radius 2 is 2.23 bits per heavy atom. The summed E-state index contributed by atoms with van der Waals surface area (Å²) in [6.45, 7) is 12.2. The molecule has 5 heteroatoms.